The molecule has 6 nitrogen and oxygen atoms in total. The lowest BCUT2D eigenvalue weighted by atomic mass is 10.1. The highest BCUT2D eigenvalue weighted by atomic mass is 16.2. The van der Waals surface area contributed by atoms with Crippen LogP contribution in [0.25, 0.3) is 10.8 Å². The number of likely N-dealkylation sites (N-methyl/N-ethyl adjacent to an activating group) is 1. The van der Waals surface area contributed by atoms with Crippen LogP contribution in [0.1, 0.15) is 18.1 Å². The van der Waals surface area contributed by atoms with Gasteiger partial charge in [0.2, 0.25) is 5.91 Å². The van der Waals surface area contributed by atoms with Gasteiger partial charge in [0.05, 0.1) is 10.8 Å². The number of carbonyl (C=O) groups is 1. The molecule has 0 aliphatic heterocycles. The minimum Gasteiger partial charge on any atom is -0.337 e. The van der Waals surface area contributed by atoms with Gasteiger partial charge in [-0.2, -0.15) is 0 Å². The molecule has 1 N–H and O–H groups in total. The highest BCUT2D eigenvalue weighted by Gasteiger charge is 2.16. The highest BCUT2D eigenvalue weighted by Crippen LogP contribution is 2.11. The molecule has 2 aromatic carbocycles. The number of aromatic nitrogens is 2. The molecule has 3 aromatic rings. The Balaban J connectivity index is 1.88. The first-order chi connectivity index (χ1) is 12.5. The molecular formula is C20H21N3O3. The lowest BCUT2D eigenvalue weighted by Gasteiger charge is -2.22. The third kappa shape index (κ3) is 3.44. The number of aromatic amines is 1. The summed E-state index contributed by atoms with van der Waals surface area (Å²) in [6.45, 7) is 4.67. The van der Waals surface area contributed by atoms with E-state index in [2.05, 4.69) is 5.10 Å². The molecule has 0 radical (unpaired) electrons. The van der Waals surface area contributed by atoms with Crippen molar-refractivity contribution in [1.29, 1.82) is 0 Å². The summed E-state index contributed by atoms with van der Waals surface area (Å²) in [5.74, 6) is -0.219. The normalized spacial score (nSPS) is 10.8. The maximum Gasteiger partial charge on any atom is 0.273 e. The first-order valence-electron chi connectivity index (χ1n) is 8.55. The van der Waals surface area contributed by atoms with Gasteiger partial charge in [-0.1, -0.05) is 36.4 Å². The van der Waals surface area contributed by atoms with Crippen molar-refractivity contribution in [2.24, 2.45) is 0 Å². The summed E-state index contributed by atoms with van der Waals surface area (Å²) in [6, 6.07) is 14.5. The zero-order chi connectivity index (χ0) is 18.7. The second-order valence-corrected chi connectivity index (χ2v) is 6.21. The number of rotatable bonds is 5. The fourth-order valence-electron chi connectivity index (χ4n) is 2.96. The molecule has 6 heteroatoms. The van der Waals surface area contributed by atoms with Crippen LogP contribution in [0.15, 0.2) is 58.1 Å². The second-order valence-electron chi connectivity index (χ2n) is 6.21. The van der Waals surface area contributed by atoms with Crippen molar-refractivity contribution < 1.29 is 4.79 Å². The van der Waals surface area contributed by atoms with Gasteiger partial charge in [-0.05, 0) is 37.1 Å². The number of fused-ring (bicyclic) bond motifs is 1. The number of hydrogen-bond acceptors (Lipinski definition) is 3. The number of hydrogen-bond donors (Lipinski definition) is 1. The molecule has 134 valence electrons. The van der Waals surface area contributed by atoms with Gasteiger partial charge in [0.25, 0.3) is 11.1 Å². The van der Waals surface area contributed by atoms with Crippen LogP contribution in [0.2, 0.25) is 0 Å². The molecule has 1 amide bonds. The van der Waals surface area contributed by atoms with E-state index in [0.29, 0.717) is 23.9 Å². The average molecular weight is 351 g/mol. The summed E-state index contributed by atoms with van der Waals surface area (Å²) >= 11 is 0. The summed E-state index contributed by atoms with van der Waals surface area (Å²) < 4.78 is 1.09. The first-order valence-corrected chi connectivity index (χ1v) is 8.55. The molecular weight excluding hydrogens is 330 g/mol. The van der Waals surface area contributed by atoms with Crippen LogP contribution in [0, 0.1) is 6.92 Å². The molecule has 1 heterocycles. The largest absolute Gasteiger partial charge is 0.337 e. The lowest BCUT2D eigenvalue weighted by molar-refractivity contribution is -0.132. The Bertz CT molecular complexity index is 1070. The molecule has 0 fully saturated rings. The Labute approximate surface area is 150 Å². The van der Waals surface area contributed by atoms with Crippen LogP contribution >= 0.6 is 0 Å². The summed E-state index contributed by atoms with van der Waals surface area (Å²) in [6.07, 6.45) is 0. The van der Waals surface area contributed by atoms with Crippen LogP contribution < -0.4 is 11.1 Å². The van der Waals surface area contributed by atoms with E-state index < -0.39 is 0 Å². The third-order valence-electron chi connectivity index (χ3n) is 4.53. The molecule has 3 rings (SSSR count). The Morgan fingerprint density at radius 1 is 1.04 bits per heavy atom. The monoisotopic (exact) mass is 351 g/mol. The number of nitrogens with zero attached hydrogens (tertiary/aromatic N) is 2. The quantitative estimate of drug-likeness (QED) is 0.764. The van der Waals surface area contributed by atoms with E-state index in [1.54, 1.807) is 29.2 Å². The van der Waals surface area contributed by atoms with Gasteiger partial charge in [-0.25, -0.2) is 4.68 Å². The highest BCUT2D eigenvalue weighted by molar-refractivity contribution is 5.81. The summed E-state index contributed by atoms with van der Waals surface area (Å²) in [5.41, 5.74) is 1.41. The van der Waals surface area contributed by atoms with Crippen molar-refractivity contribution in [1.82, 2.24) is 14.7 Å². The number of H-pyrrole nitrogens is 1. The smallest absolute Gasteiger partial charge is 0.273 e. The van der Waals surface area contributed by atoms with Gasteiger partial charge in [-0.15, -0.1) is 0 Å². The van der Waals surface area contributed by atoms with Gasteiger partial charge >= 0.3 is 0 Å². The predicted octanol–water partition coefficient (Wildman–Crippen LogP) is 2.05. The Morgan fingerprint density at radius 3 is 2.38 bits per heavy atom. The van der Waals surface area contributed by atoms with Crippen molar-refractivity contribution in [3.8, 4) is 0 Å². The van der Waals surface area contributed by atoms with E-state index in [0.717, 1.165) is 15.8 Å². The van der Waals surface area contributed by atoms with Crippen molar-refractivity contribution >= 4 is 16.7 Å². The molecule has 0 aliphatic rings. The molecule has 0 atom stereocenters. The Hall–Kier alpha value is -3.15. The minimum atomic E-state index is -0.380. The number of aryl methyl sites for hydroxylation is 1. The second kappa shape index (κ2) is 7.39. The molecule has 0 bridgehead atoms. The molecule has 0 aliphatic carbocycles. The predicted molar refractivity (Wildman–Crippen MR) is 101 cm³/mol. The summed E-state index contributed by atoms with van der Waals surface area (Å²) in [7, 11) is 0. The molecule has 0 saturated heterocycles. The maximum absolute atomic E-state index is 12.7. The summed E-state index contributed by atoms with van der Waals surface area (Å²) in [5, 5.41) is 3.14. The van der Waals surface area contributed by atoms with Crippen LogP contribution in [0.3, 0.4) is 0 Å². The number of amides is 1. The molecule has 26 heavy (non-hydrogen) atoms. The van der Waals surface area contributed by atoms with Crippen molar-refractivity contribution in [2.75, 3.05) is 6.54 Å². The van der Waals surface area contributed by atoms with E-state index in [1.807, 2.05) is 38.1 Å². The van der Waals surface area contributed by atoms with E-state index in [1.165, 1.54) is 0 Å². The van der Waals surface area contributed by atoms with Gasteiger partial charge in [0, 0.05) is 13.1 Å². The zero-order valence-corrected chi connectivity index (χ0v) is 14.9. The van der Waals surface area contributed by atoms with E-state index >= 15 is 0 Å². The SMILES string of the molecule is CCN(Cc1ccccc1C)C(=O)Cn1[nH]c(=O)c2ccccc2c1=O. The van der Waals surface area contributed by atoms with Gasteiger partial charge in [0.1, 0.15) is 6.54 Å². The molecule has 1 aromatic heterocycles. The van der Waals surface area contributed by atoms with E-state index in [-0.39, 0.29) is 23.6 Å². The van der Waals surface area contributed by atoms with Crippen LogP contribution in [0.4, 0.5) is 0 Å². The number of carbonyl (C=O) groups excluding carboxylic acids is 1. The molecule has 0 saturated carbocycles. The number of benzene rings is 2. The zero-order valence-electron chi connectivity index (χ0n) is 14.9. The van der Waals surface area contributed by atoms with Crippen molar-refractivity contribution in [2.45, 2.75) is 26.9 Å². The lowest BCUT2D eigenvalue weighted by Crippen LogP contribution is -2.39. The Kier molecular flexibility index (Phi) is 5.02. The van der Waals surface area contributed by atoms with E-state index in [9.17, 15) is 14.4 Å². The summed E-state index contributed by atoms with van der Waals surface area (Å²) in [4.78, 5) is 39.1. The average Bonchev–Trinajstić information content (AvgIpc) is 2.65. The molecule has 0 unspecified atom stereocenters. The van der Waals surface area contributed by atoms with E-state index in [4.69, 9.17) is 0 Å². The maximum atomic E-state index is 12.7. The van der Waals surface area contributed by atoms with Crippen LogP contribution in [0.5, 0.6) is 0 Å². The van der Waals surface area contributed by atoms with Crippen LogP contribution in [-0.4, -0.2) is 27.1 Å². The Morgan fingerprint density at radius 2 is 1.69 bits per heavy atom. The first kappa shape index (κ1) is 17.7. The van der Waals surface area contributed by atoms with Gasteiger partial charge in [-0.3, -0.25) is 19.5 Å². The third-order valence-corrected chi connectivity index (χ3v) is 4.53. The van der Waals surface area contributed by atoms with Crippen molar-refractivity contribution in [3.63, 3.8) is 0 Å². The van der Waals surface area contributed by atoms with Gasteiger partial charge < -0.3 is 4.90 Å². The topological polar surface area (TPSA) is 75.2 Å². The fourth-order valence-corrected chi connectivity index (χ4v) is 2.96. The minimum absolute atomic E-state index is 0.196. The molecule has 0 spiro atoms. The van der Waals surface area contributed by atoms with Gasteiger partial charge in [0.15, 0.2) is 0 Å². The van der Waals surface area contributed by atoms with Crippen LogP contribution in [-0.2, 0) is 17.9 Å². The van der Waals surface area contributed by atoms with Crippen molar-refractivity contribution in [3.05, 3.63) is 80.4 Å². The standard InChI is InChI=1S/C20H21N3O3/c1-3-22(12-15-9-5-4-8-14(15)2)18(24)13-23-20(26)17-11-7-6-10-16(17)19(25)21-23/h4-11H,3,12-13H2,1-2H3,(H,21,25). The number of nitrogens with one attached hydrogen (secondary N) is 1. The fraction of sp³-hybridized carbons (Fsp3) is 0.250.